The molecule has 0 aliphatic rings. The summed E-state index contributed by atoms with van der Waals surface area (Å²) in [5, 5.41) is 8.99. The molecule has 0 fully saturated rings. The van der Waals surface area contributed by atoms with Gasteiger partial charge in [0.2, 0.25) is 0 Å². The Hall–Kier alpha value is -2.41. The van der Waals surface area contributed by atoms with E-state index in [9.17, 15) is 14.4 Å². The van der Waals surface area contributed by atoms with Gasteiger partial charge in [-0.1, -0.05) is 0 Å². The summed E-state index contributed by atoms with van der Waals surface area (Å²) in [5.74, 6) is -1.09. The largest absolute Gasteiger partial charge is 0.478 e. The lowest BCUT2D eigenvalue weighted by atomic mass is 10.2. The number of H-pyrrole nitrogens is 1. The standard InChI is InChI=1S/C13H14N2O5/c1-20-6-2-5-15-10-7-8(13(18)19)3-4-9(10)14-11(16)12(15)17/h3-4,7H,2,5-6H2,1H3,(H,14,16)(H,18,19). The Kier molecular flexibility index (Phi) is 3.99. The molecule has 0 aliphatic carbocycles. The van der Waals surface area contributed by atoms with E-state index in [-0.39, 0.29) is 12.1 Å². The van der Waals surface area contributed by atoms with Crippen molar-refractivity contribution in [1.29, 1.82) is 0 Å². The maximum absolute atomic E-state index is 11.9. The average molecular weight is 278 g/mol. The van der Waals surface area contributed by atoms with Crippen molar-refractivity contribution in [3.63, 3.8) is 0 Å². The third-order valence-corrected chi connectivity index (χ3v) is 2.95. The number of nitrogens with zero attached hydrogens (tertiary/aromatic N) is 1. The van der Waals surface area contributed by atoms with Crippen LogP contribution in [-0.2, 0) is 11.3 Å². The Balaban J connectivity index is 2.63. The summed E-state index contributed by atoms with van der Waals surface area (Å²) in [4.78, 5) is 36.9. The average Bonchev–Trinajstić information content (AvgIpc) is 2.42. The Morgan fingerprint density at radius 1 is 1.40 bits per heavy atom. The van der Waals surface area contributed by atoms with Gasteiger partial charge in [-0.2, -0.15) is 0 Å². The molecule has 0 bridgehead atoms. The Morgan fingerprint density at radius 2 is 2.15 bits per heavy atom. The van der Waals surface area contributed by atoms with Gasteiger partial charge in [0.05, 0.1) is 16.6 Å². The molecule has 1 aromatic heterocycles. The molecule has 0 aliphatic heterocycles. The number of carbonyl (C=O) groups is 1. The van der Waals surface area contributed by atoms with E-state index >= 15 is 0 Å². The molecule has 0 radical (unpaired) electrons. The van der Waals surface area contributed by atoms with Crippen LogP contribution in [-0.4, -0.2) is 34.3 Å². The first-order chi connectivity index (χ1) is 9.54. The monoisotopic (exact) mass is 278 g/mol. The van der Waals surface area contributed by atoms with Crippen LogP contribution in [0.25, 0.3) is 11.0 Å². The predicted molar refractivity (Wildman–Crippen MR) is 72.3 cm³/mol. The van der Waals surface area contributed by atoms with Crippen LogP contribution in [0.15, 0.2) is 27.8 Å². The first-order valence-electron chi connectivity index (χ1n) is 6.03. The van der Waals surface area contributed by atoms with Gasteiger partial charge in [0.15, 0.2) is 0 Å². The maximum Gasteiger partial charge on any atom is 0.335 e. The second-order valence-corrected chi connectivity index (χ2v) is 4.29. The fourth-order valence-electron chi connectivity index (χ4n) is 1.99. The number of ether oxygens (including phenoxy) is 1. The highest BCUT2D eigenvalue weighted by Crippen LogP contribution is 2.12. The summed E-state index contributed by atoms with van der Waals surface area (Å²) in [6, 6.07) is 4.23. The van der Waals surface area contributed by atoms with Crippen LogP contribution in [0.3, 0.4) is 0 Å². The first kappa shape index (κ1) is 14.0. The van der Waals surface area contributed by atoms with Crippen molar-refractivity contribution in [3.05, 3.63) is 44.5 Å². The summed E-state index contributed by atoms with van der Waals surface area (Å²) >= 11 is 0. The predicted octanol–water partition coefficient (Wildman–Crippen LogP) is 0.425. The van der Waals surface area contributed by atoms with Gasteiger partial charge in [0.1, 0.15) is 0 Å². The van der Waals surface area contributed by atoms with Crippen molar-refractivity contribution in [3.8, 4) is 0 Å². The van der Waals surface area contributed by atoms with Crippen LogP contribution in [0.4, 0.5) is 0 Å². The van der Waals surface area contributed by atoms with Gasteiger partial charge in [-0.15, -0.1) is 0 Å². The molecule has 0 atom stereocenters. The first-order valence-corrected chi connectivity index (χ1v) is 6.03. The molecular formula is C13H14N2O5. The van der Waals surface area contributed by atoms with Crippen LogP contribution < -0.4 is 11.1 Å². The summed E-state index contributed by atoms with van der Waals surface area (Å²) in [6.07, 6.45) is 0.548. The van der Waals surface area contributed by atoms with Crippen molar-refractivity contribution in [2.75, 3.05) is 13.7 Å². The minimum absolute atomic E-state index is 0.0597. The van der Waals surface area contributed by atoms with Gasteiger partial charge < -0.3 is 19.4 Å². The lowest BCUT2D eigenvalue weighted by Crippen LogP contribution is -2.36. The number of rotatable bonds is 5. The number of hydrogen-bond acceptors (Lipinski definition) is 4. The Labute approximate surface area is 113 Å². The minimum Gasteiger partial charge on any atom is -0.478 e. The quantitative estimate of drug-likeness (QED) is 0.610. The highest BCUT2D eigenvalue weighted by molar-refractivity contribution is 5.92. The van der Waals surface area contributed by atoms with Crippen molar-refractivity contribution < 1.29 is 14.6 Å². The molecule has 2 aromatic rings. The molecule has 2 rings (SSSR count). The molecule has 7 heteroatoms. The number of nitrogens with one attached hydrogen (secondary N) is 1. The van der Waals surface area contributed by atoms with Gasteiger partial charge in [-0.05, 0) is 24.6 Å². The van der Waals surface area contributed by atoms with Gasteiger partial charge in [0, 0.05) is 20.3 Å². The number of aromatic carboxylic acids is 1. The molecule has 1 aromatic carbocycles. The highest BCUT2D eigenvalue weighted by Gasteiger charge is 2.10. The topological polar surface area (TPSA) is 101 Å². The maximum atomic E-state index is 11.9. The zero-order chi connectivity index (χ0) is 14.7. The van der Waals surface area contributed by atoms with E-state index in [1.54, 1.807) is 7.11 Å². The molecule has 1 heterocycles. The highest BCUT2D eigenvalue weighted by atomic mass is 16.5. The molecule has 0 saturated heterocycles. The van der Waals surface area contributed by atoms with Crippen LogP contribution in [0.1, 0.15) is 16.8 Å². The SMILES string of the molecule is COCCCn1c(=O)c(=O)[nH]c2ccc(C(=O)O)cc21. The number of fused-ring (bicyclic) bond motifs is 1. The fourth-order valence-corrected chi connectivity index (χ4v) is 1.99. The van der Waals surface area contributed by atoms with E-state index in [0.29, 0.717) is 24.1 Å². The smallest absolute Gasteiger partial charge is 0.335 e. The number of aryl methyl sites for hydroxylation is 1. The number of aromatic amines is 1. The zero-order valence-corrected chi connectivity index (χ0v) is 10.9. The van der Waals surface area contributed by atoms with E-state index < -0.39 is 17.1 Å². The summed E-state index contributed by atoms with van der Waals surface area (Å²) in [5.41, 5.74) is -0.541. The van der Waals surface area contributed by atoms with Crippen LogP contribution in [0.5, 0.6) is 0 Å². The fraction of sp³-hybridized carbons (Fsp3) is 0.308. The van der Waals surface area contributed by atoms with Gasteiger partial charge in [-0.25, -0.2) is 4.79 Å². The van der Waals surface area contributed by atoms with Crippen LogP contribution >= 0.6 is 0 Å². The molecule has 7 nitrogen and oxygen atoms in total. The molecular weight excluding hydrogens is 264 g/mol. The normalized spacial score (nSPS) is 10.8. The van der Waals surface area contributed by atoms with Crippen molar-refractivity contribution in [2.24, 2.45) is 0 Å². The lowest BCUT2D eigenvalue weighted by molar-refractivity contribution is 0.0697. The number of carboxylic acid groups (broad SMARTS) is 1. The van der Waals surface area contributed by atoms with Gasteiger partial charge in [-0.3, -0.25) is 9.59 Å². The zero-order valence-electron chi connectivity index (χ0n) is 10.9. The third kappa shape index (κ3) is 2.62. The summed E-state index contributed by atoms with van der Waals surface area (Å²) < 4.78 is 6.19. The van der Waals surface area contributed by atoms with E-state index in [2.05, 4.69) is 4.98 Å². The number of methoxy groups -OCH3 is 1. The van der Waals surface area contributed by atoms with Crippen molar-refractivity contribution >= 4 is 17.0 Å². The van der Waals surface area contributed by atoms with E-state index in [4.69, 9.17) is 9.84 Å². The number of aromatic nitrogens is 2. The number of benzene rings is 1. The van der Waals surface area contributed by atoms with Gasteiger partial charge >= 0.3 is 17.1 Å². The number of hydrogen-bond donors (Lipinski definition) is 2. The molecule has 0 amide bonds. The van der Waals surface area contributed by atoms with Crippen LogP contribution in [0, 0.1) is 0 Å². The molecule has 20 heavy (non-hydrogen) atoms. The molecule has 2 N–H and O–H groups in total. The molecule has 0 spiro atoms. The van der Waals surface area contributed by atoms with Gasteiger partial charge in [0.25, 0.3) is 0 Å². The number of carboxylic acids is 1. The van der Waals surface area contributed by atoms with E-state index in [1.165, 1.54) is 22.8 Å². The van der Waals surface area contributed by atoms with Crippen molar-refractivity contribution in [2.45, 2.75) is 13.0 Å². The van der Waals surface area contributed by atoms with E-state index in [0.717, 1.165) is 0 Å². The van der Waals surface area contributed by atoms with Crippen LogP contribution in [0.2, 0.25) is 0 Å². The Morgan fingerprint density at radius 3 is 2.80 bits per heavy atom. The summed E-state index contributed by atoms with van der Waals surface area (Å²) in [7, 11) is 1.54. The molecule has 106 valence electrons. The second-order valence-electron chi connectivity index (χ2n) is 4.29. The van der Waals surface area contributed by atoms with Crippen molar-refractivity contribution in [1.82, 2.24) is 9.55 Å². The van der Waals surface area contributed by atoms with E-state index in [1.807, 2.05) is 0 Å². The Bertz CT molecular complexity index is 759. The minimum atomic E-state index is -1.09. The summed E-state index contributed by atoms with van der Waals surface area (Å²) in [6.45, 7) is 0.732. The third-order valence-electron chi connectivity index (χ3n) is 2.95. The molecule has 0 unspecified atom stereocenters. The molecule has 0 saturated carbocycles. The second kappa shape index (κ2) is 5.70. The lowest BCUT2D eigenvalue weighted by Gasteiger charge is -2.09.